The number of hydrogen-bond acceptors (Lipinski definition) is 4. The standard InChI is InChI=1S/C17H19BrClN3O2/c1-10(5-15-16(23)3-2-4-20-15)8-22-9-21-14-7-12(18)13(19)6-11(14)17(22)24/h6-7,9,15-16,20,23H,1-5,8H2/t15-,16+/m1/s1/i1D2. The fourth-order valence-electron chi connectivity index (χ4n) is 2.95. The van der Waals surface area contributed by atoms with Crippen LogP contribution >= 0.6 is 27.5 Å². The quantitative estimate of drug-likeness (QED) is 0.755. The zero-order valence-corrected chi connectivity index (χ0v) is 15.3. The van der Waals surface area contributed by atoms with E-state index in [4.69, 9.17) is 14.3 Å². The number of aromatic nitrogens is 2. The highest BCUT2D eigenvalue weighted by atomic mass is 79.9. The second-order valence-corrected chi connectivity index (χ2v) is 7.30. The third kappa shape index (κ3) is 3.72. The Bertz CT molecular complexity index is 915. The number of aliphatic hydroxyl groups is 1. The van der Waals surface area contributed by atoms with Crippen LogP contribution in [0.4, 0.5) is 0 Å². The molecule has 1 saturated heterocycles. The Balaban J connectivity index is 1.90. The molecule has 1 aliphatic rings. The van der Waals surface area contributed by atoms with Crippen LogP contribution < -0.4 is 10.9 Å². The van der Waals surface area contributed by atoms with Gasteiger partial charge < -0.3 is 10.4 Å². The van der Waals surface area contributed by atoms with Gasteiger partial charge in [0.2, 0.25) is 0 Å². The normalized spacial score (nSPS) is 22.1. The molecule has 2 aromatic rings. The second-order valence-electron chi connectivity index (χ2n) is 6.04. The molecular weight excluding hydrogens is 394 g/mol. The molecule has 0 spiro atoms. The van der Waals surface area contributed by atoms with Crippen LogP contribution in [0.15, 0.2) is 39.8 Å². The smallest absolute Gasteiger partial charge is 0.261 e. The van der Waals surface area contributed by atoms with Crippen molar-refractivity contribution in [1.82, 2.24) is 14.9 Å². The van der Waals surface area contributed by atoms with Gasteiger partial charge in [-0.2, -0.15) is 0 Å². The molecular formula is C17H19BrClN3O2. The van der Waals surface area contributed by atoms with Crippen molar-refractivity contribution < 1.29 is 7.85 Å². The zero-order valence-electron chi connectivity index (χ0n) is 14.9. The minimum Gasteiger partial charge on any atom is -0.391 e. The first-order chi connectivity index (χ1) is 12.4. The summed E-state index contributed by atoms with van der Waals surface area (Å²) in [7, 11) is 0. The van der Waals surface area contributed by atoms with Crippen LogP contribution in [0.5, 0.6) is 0 Å². The number of piperidine rings is 1. The summed E-state index contributed by atoms with van der Waals surface area (Å²) in [6.45, 7) is 0.541. The third-order valence-corrected chi connectivity index (χ3v) is 5.44. The Labute approximate surface area is 156 Å². The van der Waals surface area contributed by atoms with E-state index in [1.54, 1.807) is 12.1 Å². The van der Waals surface area contributed by atoms with Crippen LogP contribution in [0.25, 0.3) is 10.9 Å². The maximum absolute atomic E-state index is 12.7. The lowest BCUT2D eigenvalue weighted by atomic mass is 9.95. The van der Waals surface area contributed by atoms with Crippen molar-refractivity contribution in [2.75, 3.05) is 6.54 Å². The lowest BCUT2D eigenvalue weighted by Crippen LogP contribution is -2.45. The van der Waals surface area contributed by atoms with E-state index in [1.165, 1.54) is 10.9 Å². The van der Waals surface area contributed by atoms with E-state index >= 15 is 0 Å². The Hall–Kier alpha value is -1.21. The van der Waals surface area contributed by atoms with Crippen molar-refractivity contribution in [1.29, 1.82) is 0 Å². The van der Waals surface area contributed by atoms with Crippen LogP contribution in [0.2, 0.25) is 5.02 Å². The topological polar surface area (TPSA) is 67.2 Å². The highest BCUT2D eigenvalue weighted by Gasteiger charge is 2.23. The fraction of sp³-hybridized carbons (Fsp3) is 0.412. The molecule has 0 saturated carbocycles. The summed E-state index contributed by atoms with van der Waals surface area (Å²) in [5.74, 6) is 0. The number of nitrogens with one attached hydrogen (secondary N) is 1. The Kier molecular flexibility index (Phi) is 4.62. The van der Waals surface area contributed by atoms with Crippen LogP contribution in [0.3, 0.4) is 0 Å². The summed E-state index contributed by atoms with van der Waals surface area (Å²) in [5, 5.41) is 14.1. The molecule has 3 rings (SSSR count). The van der Waals surface area contributed by atoms with Crippen LogP contribution in [0, 0.1) is 0 Å². The Morgan fingerprint density at radius 3 is 3.21 bits per heavy atom. The van der Waals surface area contributed by atoms with Crippen LogP contribution in [-0.2, 0) is 6.54 Å². The summed E-state index contributed by atoms with van der Waals surface area (Å²) >= 11 is 9.40. The summed E-state index contributed by atoms with van der Waals surface area (Å²) in [4.78, 5) is 17.0. The average molecular weight is 415 g/mol. The largest absolute Gasteiger partial charge is 0.391 e. The molecule has 1 fully saturated rings. The van der Waals surface area contributed by atoms with Crippen LogP contribution in [0.1, 0.15) is 22.0 Å². The molecule has 24 heavy (non-hydrogen) atoms. The lowest BCUT2D eigenvalue weighted by Gasteiger charge is -2.29. The van der Waals surface area contributed by atoms with Gasteiger partial charge in [-0.25, -0.2) is 4.98 Å². The van der Waals surface area contributed by atoms with E-state index in [1.807, 2.05) is 0 Å². The van der Waals surface area contributed by atoms with E-state index < -0.39 is 6.10 Å². The maximum Gasteiger partial charge on any atom is 0.261 e. The van der Waals surface area contributed by atoms with E-state index in [0.29, 0.717) is 38.8 Å². The van der Waals surface area contributed by atoms with Crippen molar-refractivity contribution in [3.63, 3.8) is 0 Å². The SMILES string of the molecule is [2H]C([2H])=C(C[C@H]1NCCC[C@@H]1O)Cn1cnc2cc(Br)c(Cl)cc2c1=O. The lowest BCUT2D eigenvalue weighted by molar-refractivity contribution is 0.0959. The molecule has 2 heterocycles. The molecule has 2 N–H and O–H groups in total. The molecule has 1 aromatic heterocycles. The van der Waals surface area contributed by atoms with Gasteiger partial charge in [0.05, 0.1) is 31.1 Å². The van der Waals surface area contributed by atoms with E-state index in [2.05, 4.69) is 26.2 Å². The number of fused-ring (bicyclic) bond motifs is 1. The zero-order chi connectivity index (χ0) is 18.8. The highest BCUT2D eigenvalue weighted by molar-refractivity contribution is 9.10. The Morgan fingerprint density at radius 1 is 1.62 bits per heavy atom. The number of hydrogen-bond donors (Lipinski definition) is 2. The first-order valence-electron chi connectivity index (χ1n) is 8.77. The van der Waals surface area contributed by atoms with Crippen LogP contribution in [-0.4, -0.2) is 33.3 Å². The van der Waals surface area contributed by atoms with E-state index in [9.17, 15) is 9.90 Å². The molecule has 0 amide bonds. The molecule has 7 heteroatoms. The summed E-state index contributed by atoms with van der Waals surface area (Å²) < 4.78 is 17.5. The predicted molar refractivity (Wildman–Crippen MR) is 99.5 cm³/mol. The van der Waals surface area contributed by atoms with Gasteiger partial charge >= 0.3 is 0 Å². The van der Waals surface area contributed by atoms with Crippen molar-refractivity contribution in [3.8, 4) is 0 Å². The number of benzene rings is 1. The van der Waals surface area contributed by atoms with Crippen molar-refractivity contribution in [2.45, 2.75) is 38.0 Å². The molecule has 0 radical (unpaired) electrons. The molecule has 0 unspecified atom stereocenters. The minimum atomic E-state index is -0.513. The van der Waals surface area contributed by atoms with Gasteiger partial charge in [0, 0.05) is 17.1 Å². The van der Waals surface area contributed by atoms with Gasteiger partial charge in [-0.05, 0) is 53.9 Å². The van der Waals surface area contributed by atoms with Crippen molar-refractivity contribution >= 4 is 38.4 Å². The average Bonchev–Trinajstić information content (AvgIpc) is 2.60. The summed E-state index contributed by atoms with van der Waals surface area (Å²) in [6.07, 6.45) is 2.84. The number of halogens is 2. The molecule has 1 aliphatic heterocycles. The first-order valence-corrected chi connectivity index (χ1v) is 8.94. The summed E-state index contributed by atoms with van der Waals surface area (Å²) in [5.41, 5.74) is 0.713. The highest BCUT2D eigenvalue weighted by Crippen LogP contribution is 2.25. The van der Waals surface area contributed by atoms with E-state index in [0.717, 1.165) is 13.0 Å². The summed E-state index contributed by atoms with van der Waals surface area (Å²) in [6, 6.07) is 3.03. The first kappa shape index (κ1) is 15.1. The fourth-order valence-corrected chi connectivity index (χ4v) is 3.44. The molecule has 2 atom stereocenters. The maximum atomic E-state index is 12.7. The van der Waals surface area contributed by atoms with Crippen molar-refractivity contribution in [3.05, 3.63) is 50.4 Å². The molecule has 0 bridgehead atoms. The number of nitrogens with zero attached hydrogens (tertiary/aromatic N) is 2. The van der Waals surface area contributed by atoms with Gasteiger partial charge in [-0.3, -0.25) is 9.36 Å². The number of rotatable bonds is 4. The third-order valence-electron chi connectivity index (χ3n) is 4.24. The predicted octanol–water partition coefficient (Wildman–Crippen LogP) is 2.87. The Morgan fingerprint density at radius 2 is 2.46 bits per heavy atom. The van der Waals surface area contributed by atoms with Crippen molar-refractivity contribution in [2.24, 2.45) is 0 Å². The molecule has 0 aliphatic carbocycles. The molecule has 128 valence electrons. The second kappa shape index (κ2) is 7.35. The van der Waals surface area contributed by atoms with Gasteiger partial charge in [-0.15, -0.1) is 0 Å². The molecule has 5 nitrogen and oxygen atoms in total. The van der Waals surface area contributed by atoms with Gasteiger partial charge in [0.15, 0.2) is 0 Å². The van der Waals surface area contributed by atoms with E-state index in [-0.39, 0.29) is 24.7 Å². The monoisotopic (exact) mass is 413 g/mol. The molecule has 1 aromatic carbocycles. The number of aliphatic hydroxyl groups excluding tert-OH is 1. The van der Waals surface area contributed by atoms with Gasteiger partial charge in [0.1, 0.15) is 0 Å². The van der Waals surface area contributed by atoms with Gasteiger partial charge in [0.25, 0.3) is 5.56 Å². The minimum absolute atomic E-state index is 0.0860. The van der Waals surface area contributed by atoms with Gasteiger partial charge in [-0.1, -0.05) is 23.7 Å².